The molecule has 0 bridgehead atoms. The van der Waals surface area contributed by atoms with Crippen LogP contribution in [0.3, 0.4) is 0 Å². The monoisotopic (exact) mass is 1150 g/mol. The Kier molecular flexibility index (Phi) is 18.2. The number of ether oxygens (including phenoxy) is 2. The maximum Gasteiger partial charge on any atom is 0.416 e. The Bertz CT molecular complexity index is 2850. The number of hydrogen-bond donors (Lipinski definition) is 1. The van der Waals surface area contributed by atoms with Crippen molar-refractivity contribution in [1.82, 2.24) is 9.80 Å². The number of alkyl halides is 12. The lowest BCUT2D eigenvalue weighted by atomic mass is 9.62. The molecule has 440 valence electrons. The van der Waals surface area contributed by atoms with Gasteiger partial charge in [0.15, 0.2) is 0 Å². The Hall–Kier alpha value is -6.13. The van der Waals surface area contributed by atoms with E-state index in [1.807, 2.05) is 60.7 Å². The van der Waals surface area contributed by atoms with Crippen LogP contribution in [-0.4, -0.2) is 88.2 Å². The maximum absolute atomic E-state index is 13.4. The lowest BCUT2D eigenvalue weighted by Gasteiger charge is -2.51. The summed E-state index contributed by atoms with van der Waals surface area (Å²) in [5.74, 6) is -0.421. The third kappa shape index (κ3) is 14.7. The number of aliphatic hydroxyl groups is 1. The second-order valence-electron chi connectivity index (χ2n) is 22.6. The Balaban J connectivity index is 0.000000234. The molecule has 81 heavy (non-hydrogen) atoms. The molecular weight excluding hydrogens is 1090 g/mol. The number of rotatable bonds is 16. The van der Waals surface area contributed by atoms with E-state index in [1.54, 1.807) is 23.6 Å². The van der Waals surface area contributed by atoms with E-state index < -0.39 is 86.7 Å². The van der Waals surface area contributed by atoms with Gasteiger partial charge in [0.1, 0.15) is 18.9 Å². The van der Waals surface area contributed by atoms with Crippen molar-refractivity contribution in [2.24, 2.45) is 9.98 Å². The summed E-state index contributed by atoms with van der Waals surface area (Å²) in [6.45, 7) is 7.81. The van der Waals surface area contributed by atoms with Crippen LogP contribution in [0.5, 0.6) is 0 Å². The van der Waals surface area contributed by atoms with Crippen molar-refractivity contribution in [1.29, 1.82) is 0 Å². The van der Waals surface area contributed by atoms with Gasteiger partial charge in [0.25, 0.3) is 0 Å². The van der Waals surface area contributed by atoms with Gasteiger partial charge in [-0.2, -0.15) is 52.7 Å². The molecule has 2 atom stereocenters. The number of benzene rings is 4. The summed E-state index contributed by atoms with van der Waals surface area (Å²) < 4.78 is 173. The van der Waals surface area contributed by atoms with Gasteiger partial charge >= 0.3 is 24.7 Å². The zero-order valence-electron chi connectivity index (χ0n) is 45.3. The highest BCUT2D eigenvalue weighted by atomic mass is 19.4. The van der Waals surface area contributed by atoms with E-state index in [4.69, 9.17) is 9.47 Å². The lowest BCUT2D eigenvalue weighted by molar-refractivity contribution is -0.145. The molecule has 0 spiro atoms. The molecule has 0 aromatic heterocycles. The van der Waals surface area contributed by atoms with Crippen LogP contribution >= 0.6 is 0 Å². The minimum atomic E-state index is -4.96. The number of carbonyl (C=O) groups is 3. The number of Topliss-reactive ketones (excluding diaryl/α,β-unsaturated/α-hetero) is 1. The van der Waals surface area contributed by atoms with Crippen LogP contribution in [-0.2, 0) is 59.4 Å². The van der Waals surface area contributed by atoms with Gasteiger partial charge in [-0.1, -0.05) is 60.7 Å². The van der Waals surface area contributed by atoms with Gasteiger partial charge in [0.2, 0.25) is 11.8 Å². The predicted octanol–water partition coefficient (Wildman–Crippen LogP) is 14.0. The minimum Gasteiger partial charge on any atom is -0.390 e. The SMILES string of the molecule is CC(=O)CC1(N2C=NCC2=O)CCC(CO[C@H](C)c2cc(C(F)(F)F)cc(C(F)(F)F)c2)(c2ccccc2)CC1.C[C@@H](OCC1(c2ccccc2)CCC(CC(C)(C)O)(N2C=NCC2=O)CC1)c1cc(C(F)(F)F)cc(C(F)(F)F)c1. The molecule has 0 unspecified atom stereocenters. The van der Waals surface area contributed by atoms with E-state index in [9.17, 15) is 72.2 Å². The number of aliphatic imine (C=N–C) groups is 2. The molecule has 2 aliphatic heterocycles. The Morgan fingerprint density at radius 3 is 1.15 bits per heavy atom. The molecule has 0 saturated heterocycles. The fourth-order valence-corrected chi connectivity index (χ4v) is 11.9. The average molecular weight is 1150 g/mol. The van der Waals surface area contributed by atoms with Crippen LogP contribution in [0.15, 0.2) is 107 Å². The molecule has 2 saturated carbocycles. The summed E-state index contributed by atoms with van der Waals surface area (Å²) in [4.78, 5) is 48.8. The molecule has 2 amide bonds. The van der Waals surface area contributed by atoms with E-state index in [2.05, 4.69) is 9.98 Å². The van der Waals surface area contributed by atoms with Gasteiger partial charge in [0.05, 0.1) is 77.0 Å². The van der Waals surface area contributed by atoms with Gasteiger partial charge in [-0.15, -0.1) is 0 Å². The first-order valence-electron chi connectivity index (χ1n) is 26.4. The van der Waals surface area contributed by atoms with E-state index in [0.29, 0.717) is 82.1 Å². The zero-order valence-corrected chi connectivity index (χ0v) is 45.3. The molecule has 10 nitrogen and oxygen atoms in total. The van der Waals surface area contributed by atoms with Crippen molar-refractivity contribution < 1.29 is 81.6 Å². The van der Waals surface area contributed by atoms with Crippen molar-refractivity contribution in [2.75, 3.05) is 26.3 Å². The van der Waals surface area contributed by atoms with Crippen LogP contribution < -0.4 is 0 Å². The van der Waals surface area contributed by atoms with Crippen molar-refractivity contribution in [3.8, 4) is 0 Å². The Labute approximate surface area is 461 Å². The lowest BCUT2D eigenvalue weighted by Crippen LogP contribution is -2.57. The van der Waals surface area contributed by atoms with E-state index in [0.717, 1.165) is 11.1 Å². The van der Waals surface area contributed by atoms with Crippen molar-refractivity contribution >= 4 is 30.3 Å². The molecule has 4 aromatic rings. The molecular formula is C59H64F12N4O6. The average Bonchev–Trinajstić information content (AvgIpc) is 4.06. The van der Waals surface area contributed by atoms with Gasteiger partial charge in [-0.05, 0) is 151 Å². The predicted molar refractivity (Wildman–Crippen MR) is 277 cm³/mol. The van der Waals surface area contributed by atoms with E-state index in [-0.39, 0.29) is 73.6 Å². The number of carbonyl (C=O) groups excluding carboxylic acids is 3. The van der Waals surface area contributed by atoms with Crippen LogP contribution in [0.1, 0.15) is 156 Å². The highest BCUT2D eigenvalue weighted by Gasteiger charge is 2.52. The number of amides is 2. The normalized spacial score (nSPS) is 24.5. The highest BCUT2D eigenvalue weighted by molar-refractivity contribution is 5.96. The molecule has 4 aromatic carbocycles. The van der Waals surface area contributed by atoms with Gasteiger partial charge in [0, 0.05) is 17.3 Å². The first-order chi connectivity index (χ1) is 37.6. The number of ketones is 1. The van der Waals surface area contributed by atoms with Crippen molar-refractivity contribution in [3.05, 3.63) is 142 Å². The summed E-state index contributed by atoms with van der Waals surface area (Å²) in [6.07, 6.45) is -14.7. The topological polar surface area (TPSA) is 121 Å². The first kappa shape index (κ1) is 62.5. The Morgan fingerprint density at radius 1 is 0.543 bits per heavy atom. The number of nitrogens with zero attached hydrogens (tertiary/aromatic N) is 4. The van der Waals surface area contributed by atoms with Gasteiger partial charge in [-0.25, -0.2) is 0 Å². The molecule has 22 heteroatoms. The molecule has 8 rings (SSSR count). The zero-order chi connectivity index (χ0) is 59.6. The largest absolute Gasteiger partial charge is 0.416 e. The van der Waals surface area contributed by atoms with E-state index >= 15 is 0 Å². The van der Waals surface area contributed by atoms with Gasteiger partial charge in [-0.3, -0.25) is 34.2 Å². The van der Waals surface area contributed by atoms with Crippen LogP contribution in [0.2, 0.25) is 0 Å². The summed E-state index contributed by atoms with van der Waals surface area (Å²) in [6, 6.07) is 21.7. The smallest absolute Gasteiger partial charge is 0.390 e. The van der Waals surface area contributed by atoms with E-state index in [1.165, 1.54) is 33.4 Å². The molecule has 2 aliphatic carbocycles. The van der Waals surface area contributed by atoms with Crippen LogP contribution in [0, 0.1) is 0 Å². The molecule has 4 aliphatic rings. The summed E-state index contributed by atoms with van der Waals surface area (Å²) in [7, 11) is 0. The summed E-state index contributed by atoms with van der Waals surface area (Å²) in [5, 5.41) is 10.7. The summed E-state index contributed by atoms with van der Waals surface area (Å²) >= 11 is 0. The van der Waals surface area contributed by atoms with Gasteiger partial charge < -0.3 is 14.6 Å². The van der Waals surface area contributed by atoms with Crippen LogP contribution in [0.25, 0.3) is 0 Å². The van der Waals surface area contributed by atoms with Crippen LogP contribution in [0.4, 0.5) is 52.7 Å². The molecule has 2 heterocycles. The third-order valence-electron chi connectivity index (χ3n) is 16.2. The van der Waals surface area contributed by atoms with Crippen molar-refractivity contribution in [3.63, 3.8) is 0 Å². The number of halogens is 12. The quantitative estimate of drug-likeness (QED) is 0.112. The maximum atomic E-state index is 13.4. The second kappa shape index (κ2) is 23.6. The Morgan fingerprint density at radius 2 is 0.864 bits per heavy atom. The minimum absolute atomic E-state index is 0.0149. The highest BCUT2D eigenvalue weighted by Crippen LogP contribution is 2.51. The standard InChI is InChI=1S/C30H34F6N2O3.C29H30F6N2O3/c1-20(21-13-23(29(31,32)33)15-24(14-21)30(34,35)36)41-18-27(22-7-5-4-6-8-22)9-11-28(12-10-27,17-26(2,3)40)38-19-37-16-25(38)39;1-19(38)15-27(37-18-36-16-25(37)39)10-8-26(9-11-27,22-6-4-3-5-7-22)17-40-20(2)21-12-23(28(30,31)32)14-24(13-21)29(33,34)35/h4-8,13-15,19-20,40H,9-12,16-18H2,1-3H3;3-7,12-14,18,20H,8-11,15-17H2,1-2H3/t20-,27?,28?;20-,26?,27?/m11/s1. The van der Waals surface area contributed by atoms with Crippen molar-refractivity contribution in [2.45, 2.75) is 163 Å². The summed E-state index contributed by atoms with van der Waals surface area (Å²) in [5.41, 5.74) is -7.97. The molecule has 1 N–H and O–H groups in total. The number of hydrogen-bond acceptors (Lipinski definition) is 8. The second-order valence-corrected chi connectivity index (χ2v) is 22.6. The fourth-order valence-electron chi connectivity index (χ4n) is 11.9. The molecule has 0 radical (unpaired) electrons. The third-order valence-corrected chi connectivity index (χ3v) is 16.2. The fraction of sp³-hybridized carbons (Fsp3) is 0.508. The molecule has 2 fully saturated rings. The first-order valence-corrected chi connectivity index (χ1v) is 26.4.